The zero-order chi connectivity index (χ0) is 16.0. The van der Waals surface area contributed by atoms with Crippen LogP contribution in [0, 0.1) is 6.92 Å². The lowest BCUT2D eigenvalue weighted by Gasteiger charge is -2.25. The van der Waals surface area contributed by atoms with Crippen molar-refractivity contribution in [3.05, 3.63) is 23.9 Å². The molecule has 3 heterocycles. The van der Waals surface area contributed by atoms with Gasteiger partial charge in [0.05, 0.1) is 17.1 Å². The minimum Gasteiger partial charge on any atom is -0.383 e. The van der Waals surface area contributed by atoms with E-state index in [1.807, 2.05) is 6.92 Å². The first-order valence-corrected chi connectivity index (χ1v) is 7.45. The van der Waals surface area contributed by atoms with E-state index in [0.717, 1.165) is 25.0 Å². The third-order valence-electron chi connectivity index (χ3n) is 4.09. The van der Waals surface area contributed by atoms with Gasteiger partial charge in [0.1, 0.15) is 12.1 Å². The van der Waals surface area contributed by atoms with Crippen molar-refractivity contribution in [1.29, 1.82) is 0 Å². The zero-order valence-electron chi connectivity index (χ0n) is 12.6. The van der Waals surface area contributed by atoms with Crippen molar-refractivity contribution in [2.45, 2.75) is 32.2 Å². The fourth-order valence-electron chi connectivity index (χ4n) is 2.68. The lowest BCUT2D eigenvalue weighted by atomic mass is 9.93. The Bertz CT molecular complexity index is 891. The Morgan fingerprint density at radius 1 is 1.43 bits per heavy atom. The summed E-state index contributed by atoms with van der Waals surface area (Å²) in [7, 11) is 0. The zero-order valence-corrected chi connectivity index (χ0v) is 12.6. The number of rotatable bonds is 3. The smallest absolute Gasteiger partial charge is 0.279 e. The van der Waals surface area contributed by atoms with Gasteiger partial charge in [-0.15, -0.1) is 0 Å². The minimum atomic E-state index is -0.385. The number of nitrogens with two attached hydrogens (primary N) is 1. The van der Waals surface area contributed by atoms with Gasteiger partial charge in [-0.3, -0.25) is 10.1 Å². The molecule has 4 rings (SSSR count). The molecule has 0 radical (unpaired) electrons. The Labute approximate surface area is 131 Å². The number of imidazole rings is 1. The van der Waals surface area contributed by atoms with Gasteiger partial charge in [0.25, 0.3) is 5.91 Å². The summed E-state index contributed by atoms with van der Waals surface area (Å²) in [6.07, 6.45) is 6.31. The number of aryl methyl sites for hydroxylation is 1. The monoisotopic (exact) mass is 312 g/mol. The summed E-state index contributed by atoms with van der Waals surface area (Å²) in [5.74, 6) is 0.236. The fraction of sp³-hybridized carbons (Fsp3) is 0.357. The topological polar surface area (TPSA) is 127 Å². The van der Waals surface area contributed by atoms with Gasteiger partial charge in [-0.1, -0.05) is 0 Å². The van der Waals surface area contributed by atoms with Crippen LogP contribution >= 0.6 is 0 Å². The van der Waals surface area contributed by atoms with Crippen LogP contribution in [0.15, 0.2) is 12.5 Å². The highest BCUT2D eigenvalue weighted by molar-refractivity contribution is 6.12. The van der Waals surface area contributed by atoms with Gasteiger partial charge < -0.3 is 10.7 Å². The summed E-state index contributed by atoms with van der Waals surface area (Å²) >= 11 is 0. The van der Waals surface area contributed by atoms with Crippen LogP contribution in [-0.2, 0) is 0 Å². The molecule has 9 nitrogen and oxygen atoms in total. The molecule has 9 heteroatoms. The van der Waals surface area contributed by atoms with Gasteiger partial charge in [-0.2, -0.15) is 5.10 Å². The van der Waals surface area contributed by atoms with Crippen molar-refractivity contribution in [2.24, 2.45) is 0 Å². The highest BCUT2D eigenvalue weighted by Gasteiger charge is 2.28. The van der Waals surface area contributed by atoms with Gasteiger partial charge in [-0.05, 0) is 26.2 Å². The van der Waals surface area contributed by atoms with Gasteiger partial charge in [0.15, 0.2) is 11.3 Å². The van der Waals surface area contributed by atoms with Crippen molar-refractivity contribution < 1.29 is 4.79 Å². The van der Waals surface area contributed by atoms with E-state index in [1.54, 1.807) is 10.9 Å². The molecule has 1 saturated carbocycles. The van der Waals surface area contributed by atoms with Crippen LogP contribution in [0.5, 0.6) is 0 Å². The SMILES string of the molecule is Cc1c[nH]c(NC(=O)c2nn(C3CCC3)c3ncnc(N)c23)n1. The molecule has 0 spiro atoms. The molecule has 23 heavy (non-hydrogen) atoms. The molecule has 1 fully saturated rings. The molecule has 0 aromatic carbocycles. The van der Waals surface area contributed by atoms with Crippen molar-refractivity contribution in [1.82, 2.24) is 29.7 Å². The molecule has 0 saturated heterocycles. The van der Waals surface area contributed by atoms with E-state index in [-0.39, 0.29) is 23.5 Å². The van der Waals surface area contributed by atoms with Crippen LogP contribution in [-0.4, -0.2) is 35.6 Å². The number of nitrogen functional groups attached to an aromatic ring is 1. The molecule has 1 aliphatic carbocycles. The molecule has 0 bridgehead atoms. The third kappa shape index (κ3) is 2.20. The van der Waals surface area contributed by atoms with Crippen molar-refractivity contribution in [3.63, 3.8) is 0 Å². The number of hydrogen-bond acceptors (Lipinski definition) is 6. The lowest BCUT2D eigenvalue weighted by molar-refractivity contribution is 0.102. The Kier molecular flexibility index (Phi) is 3.00. The Hall–Kier alpha value is -2.97. The Morgan fingerprint density at radius 2 is 2.26 bits per heavy atom. The van der Waals surface area contributed by atoms with Crippen LogP contribution < -0.4 is 11.1 Å². The van der Waals surface area contributed by atoms with E-state index in [2.05, 4.69) is 30.4 Å². The van der Waals surface area contributed by atoms with Crippen LogP contribution in [0.3, 0.4) is 0 Å². The number of fused-ring (bicyclic) bond motifs is 1. The van der Waals surface area contributed by atoms with E-state index in [9.17, 15) is 4.79 Å². The second-order valence-corrected chi connectivity index (χ2v) is 5.68. The number of amides is 1. The van der Waals surface area contributed by atoms with Crippen LogP contribution in [0.1, 0.15) is 41.5 Å². The number of nitrogens with zero attached hydrogens (tertiary/aromatic N) is 5. The van der Waals surface area contributed by atoms with E-state index in [1.165, 1.54) is 6.33 Å². The summed E-state index contributed by atoms with van der Waals surface area (Å²) < 4.78 is 1.79. The molecular weight excluding hydrogens is 296 g/mol. The van der Waals surface area contributed by atoms with Crippen LogP contribution in [0.25, 0.3) is 11.0 Å². The van der Waals surface area contributed by atoms with Gasteiger partial charge in [0, 0.05) is 6.20 Å². The molecule has 0 aliphatic heterocycles. The van der Waals surface area contributed by atoms with Crippen molar-refractivity contribution in [3.8, 4) is 0 Å². The summed E-state index contributed by atoms with van der Waals surface area (Å²) in [6, 6.07) is 0.263. The average molecular weight is 312 g/mol. The summed E-state index contributed by atoms with van der Waals surface area (Å²) in [4.78, 5) is 27.9. The average Bonchev–Trinajstić information content (AvgIpc) is 3.03. The first-order chi connectivity index (χ1) is 11.1. The van der Waals surface area contributed by atoms with E-state index in [0.29, 0.717) is 17.0 Å². The van der Waals surface area contributed by atoms with E-state index in [4.69, 9.17) is 5.73 Å². The standard InChI is InChI=1S/C14H16N8O/c1-7-5-16-14(19-7)20-13(23)10-9-11(15)17-6-18-12(9)22(21-10)8-3-2-4-8/h5-6,8H,2-4H2,1H3,(H2,15,17,18)(H2,16,19,20,23). The molecule has 0 unspecified atom stereocenters. The number of aromatic nitrogens is 6. The Balaban J connectivity index is 1.77. The molecule has 0 atom stereocenters. The summed E-state index contributed by atoms with van der Waals surface area (Å²) in [5.41, 5.74) is 7.56. The lowest BCUT2D eigenvalue weighted by Crippen LogP contribution is -2.20. The predicted octanol–water partition coefficient (Wildman–Crippen LogP) is 1.42. The third-order valence-corrected chi connectivity index (χ3v) is 4.09. The predicted molar refractivity (Wildman–Crippen MR) is 83.9 cm³/mol. The van der Waals surface area contributed by atoms with E-state index < -0.39 is 0 Å². The fourth-order valence-corrected chi connectivity index (χ4v) is 2.68. The van der Waals surface area contributed by atoms with E-state index >= 15 is 0 Å². The number of anilines is 2. The molecular formula is C14H16N8O. The Morgan fingerprint density at radius 3 is 2.91 bits per heavy atom. The number of hydrogen-bond donors (Lipinski definition) is 3. The first kappa shape index (κ1) is 13.7. The van der Waals surface area contributed by atoms with Gasteiger partial charge in [-0.25, -0.2) is 19.6 Å². The summed E-state index contributed by atoms with van der Waals surface area (Å²) in [6.45, 7) is 1.83. The number of aromatic amines is 1. The quantitative estimate of drug-likeness (QED) is 0.671. The molecule has 3 aromatic rings. The normalized spacial score (nSPS) is 14.8. The largest absolute Gasteiger partial charge is 0.383 e. The first-order valence-electron chi connectivity index (χ1n) is 7.45. The van der Waals surface area contributed by atoms with Gasteiger partial charge >= 0.3 is 0 Å². The maximum Gasteiger partial charge on any atom is 0.279 e. The molecule has 3 aromatic heterocycles. The van der Waals surface area contributed by atoms with Crippen LogP contribution in [0.2, 0.25) is 0 Å². The molecule has 1 amide bonds. The number of carbonyl (C=O) groups excluding carboxylic acids is 1. The second-order valence-electron chi connectivity index (χ2n) is 5.68. The minimum absolute atomic E-state index is 0.221. The van der Waals surface area contributed by atoms with Gasteiger partial charge in [0.2, 0.25) is 5.95 Å². The van der Waals surface area contributed by atoms with Crippen molar-refractivity contribution >= 4 is 28.7 Å². The maximum absolute atomic E-state index is 12.6. The number of H-pyrrole nitrogens is 1. The highest BCUT2D eigenvalue weighted by Crippen LogP contribution is 2.34. The maximum atomic E-state index is 12.6. The van der Waals surface area contributed by atoms with Crippen LogP contribution in [0.4, 0.5) is 11.8 Å². The molecule has 118 valence electrons. The van der Waals surface area contributed by atoms with Crippen molar-refractivity contribution in [2.75, 3.05) is 11.1 Å². The summed E-state index contributed by atoms with van der Waals surface area (Å²) in [5, 5.41) is 7.64. The highest BCUT2D eigenvalue weighted by atomic mass is 16.2. The number of carbonyl (C=O) groups is 1. The molecule has 1 aliphatic rings. The molecule has 4 N–H and O–H groups in total. The second kappa shape index (κ2) is 5.04. The number of nitrogens with one attached hydrogen (secondary N) is 2.